The lowest BCUT2D eigenvalue weighted by Gasteiger charge is -2.33. The smallest absolute Gasteiger partial charge is 0.243 e. The Balaban J connectivity index is 2.30. The van der Waals surface area contributed by atoms with Crippen molar-refractivity contribution in [3.05, 3.63) is 29.8 Å². The second-order valence-corrected chi connectivity index (χ2v) is 7.17. The van der Waals surface area contributed by atoms with Gasteiger partial charge in [0.15, 0.2) is 0 Å². The first kappa shape index (κ1) is 15.3. The van der Waals surface area contributed by atoms with Gasteiger partial charge in [0.05, 0.1) is 4.90 Å². The molecule has 7 heteroatoms. The van der Waals surface area contributed by atoms with Crippen LogP contribution in [-0.2, 0) is 10.0 Å². The maximum Gasteiger partial charge on any atom is 0.243 e. The van der Waals surface area contributed by atoms with Gasteiger partial charge in [0, 0.05) is 25.2 Å². The Hall–Kier alpha value is -1.05. The van der Waals surface area contributed by atoms with Gasteiger partial charge in [-0.3, -0.25) is 0 Å². The summed E-state index contributed by atoms with van der Waals surface area (Å²) in [5.41, 5.74) is 5.82. The van der Waals surface area contributed by atoms with Gasteiger partial charge in [0.2, 0.25) is 10.0 Å². The van der Waals surface area contributed by atoms with E-state index < -0.39 is 21.7 Å². The number of nitrogens with zero attached hydrogens (tertiary/aromatic N) is 1. The van der Waals surface area contributed by atoms with Crippen molar-refractivity contribution in [2.75, 3.05) is 13.1 Å². The van der Waals surface area contributed by atoms with Crippen LogP contribution >= 0.6 is 0 Å². The molecule has 0 aliphatic carbocycles. The molecule has 4 nitrogen and oxygen atoms in total. The van der Waals surface area contributed by atoms with Gasteiger partial charge in [0.25, 0.3) is 0 Å². The zero-order chi connectivity index (χ0) is 14.9. The second kappa shape index (κ2) is 5.75. The fourth-order valence-electron chi connectivity index (χ4n) is 2.45. The van der Waals surface area contributed by atoms with Gasteiger partial charge >= 0.3 is 0 Å². The monoisotopic (exact) mass is 304 g/mol. The summed E-state index contributed by atoms with van der Waals surface area (Å²) in [6.07, 6.45) is 1.56. The molecule has 2 unspecified atom stereocenters. The van der Waals surface area contributed by atoms with Crippen LogP contribution in [0.3, 0.4) is 0 Å². The van der Waals surface area contributed by atoms with E-state index in [-0.39, 0.29) is 23.4 Å². The quantitative estimate of drug-likeness (QED) is 0.924. The molecule has 0 amide bonds. The summed E-state index contributed by atoms with van der Waals surface area (Å²) >= 11 is 0. The fraction of sp³-hybridized carbons (Fsp3) is 0.538. The molecule has 1 fully saturated rings. The number of benzene rings is 1. The Kier molecular flexibility index (Phi) is 4.41. The number of piperidine rings is 1. The molecule has 1 aromatic rings. The Labute approximate surface area is 117 Å². The highest BCUT2D eigenvalue weighted by molar-refractivity contribution is 7.89. The highest BCUT2D eigenvalue weighted by atomic mass is 32.2. The van der Waals surface area contributed by atoms with Gasteiger partial charge in [-0.15, -0.1) is 0 Å². The van der Waals surface area contributed by atoms with E-state index in [4.69, 9.17) is 5.73 Å². The molecule has 1 aromatic carbocycles. The summed E-state index contributed by atoms with van der Waals surface area (Å²) < 4.78 is 52.5. The lowest BCUT2D eigenvalue weighted by Crippen LogP contribution is -2.44. The first-order valence-corrected chi connectivity index (χ1v) is 7.96. The van der Waals surface area contributed by atoms with Crippen LogP contribution in [0.15, 0.2) is 23.1 Å². The Morgan fingerprint density at radius 1 is 1.30 bits per heavy atom. The molecule has 20 heavy (non-hydrogen) atoms. The van der Waals surface area contributed by atoms with E-state index in [2.05, 4.69) is 0 Å². The van der Waals surface area contributed by atoms with Gasteiger partial charge in [-0.05, 0) is 37.8 Å². The fourth-order valence-corrected chi connectivity index (χ4v) is 4.03. The van der Waals surface area contributed by atoms with Crippen LogP contribution in [-0.4, -0.2) is 31.9 Å². The van der Waals surface area contributed by atoms with Crippen molar-refractivity contribution >= 4 is 10.0 Å². The molecule has 1 heterocycles. The van der Waals surface area contributed by atoms with Crippen molar-refractivity contribution < 1.29 is 17.2 Å². The third-order valence-corrected chi connectivity index (χ3v) is 5.48. The van der Waals surface area contributed by atoms with E-state index in [1.807, 2.05) is 6.92 Å². The average molecular weight is 304 g/mol. The van der Waals surface area contributed by atoms with Crippen LogP contribution in [0.4, 0.5) is 8.78 Å². The molecule has 0 aromatic heterocycles. The van der Waals surface area contributed by atoms with E-state index in [1.165, 1.54) is 4.31 Å². The lowest BCUT2D eigenvalue weighted by molar-refractivity contribution is 0.243. The molecule has 0 spiro atoms. The number of halogens is 2. The van der Waals surface area contributed by atoms with Crippen molar-refractivity contribution in [3.8, 4) is 0 Å². The SMILES string of the molecule is CC(N)C1CCCN(S(=O)(=O)c2cc(F)cc(F)c2)C1. The van der Waals surface area contributed by atoms with E-state index in [0.717, 1.165) is 18.6 Å². The molecule has 1 aliphatic rings. The average Bonchev–Trinajstić information content (AvgIpc) is 2.37. The maximum absolute atomic E-state index is 13.2. The predicted molar refractivity (Wildman–Crippen MR) is 71.5 cm³/mol. The third kappa shape index (κ3) is 3.16. The molecular formula is C13H18F2N2O2S. The minimum absolute atomic E-state index is 0.0666. The van der Waals surface area contributed by atoms with Crippen molar-refractivity contribution in [2.45, 2.75) is 30.7 Å². The van der Waals surface area contributed by atoms with E-state index in [0.29, 0.717) is 19.0 Å². The van der Waals surface area contributed by atoms with Gasteiger partial charge in [-0.2, -0.15) is 4.31 Å². The third-order valence-electron chi connectivity index (χ3n) is 3.64. The predicted octanol–water partition coefficient (Wildman–Crippen LogP) is 1.71. The topological polar surface area (TPSA) is 63.4 Å². The largest absolute Gasteiger partial charge is 0.328 e. The number of hydrogen-bond acceptors (Lipinski definition) is 3. The lowest BCUT2D eigenvalue weighted by atomic mass is 9.93. The van der Waals surface area contributed by atoms with Crippen molar-refractivity contribution in [2.24, 2.45) is 11.7 Å². The minimum atomic E-state index is -3.88. The van der Waals surface area contributed by atoms with Crippen LogP contribution in [0.1, 0.15) is 19.8 Å². The first-order valence-electron chi connectivity index (χ1n) is 6.52. The second-order valence-electron chi connectivity index (χ2n) is 5.23. The minimum Gasteiger partial charge on any atom is -0.328 e. The molecular weight excluding hydrogens is 286 g/mol. The molecule has 1 aliphatic heterocycles. The number of hydrogen-bond donors (Lipinski definition) is 1. The van der Waals surface area contributed by atoms with E-state index in [9.17, 15) is 17.2 Å². The summed E-state index contributed by atoms with van der Waals surface area (Å²) in [4.78, 5) is -0.347. The maximum atomic E-state index is 13.2. The summed E-state index contributed by atoms with van der Waals surface area (Å²) in [6.45, 7) is 2.48. The molecule has 0 bridgehead atoms. The molecule has 112 valence electrons. The van der Waals surface area contributed by atoms with Gasteiger partial charge in [-0.1, -0.05) is 0 Å². The van der Waals surface area contributed by atoms with Crippen LogP contribution in [0, 0.1) is 17.6 Å². The number of sulfonamides is 1. The molecule has 0 saturated carbocycles. The summed E-state index contributed by atoms with van der Waals surface area (Å²) in [5, 5.41) is 0. The normalized spacial score (nSPS) is 22.7. The van der Waals surface area contributed by atoms with Crippen LogP contribution in [0.2, 0.25) is 0 Å². The van der Waals surface area contributed by atoms with Crippen LogP contribution in [0.5, 0.6) is 0 Å². The highest BCUT2D eigenvalue weighted by Crippen LogP contribution is 2.25. The first-order chi connectivity index (χ1) is 9.30. The molecule has 2 rings (SSSR count). The Morgan fingerprint density at radius 2 is 1.90 bits per heavy atom. The Bertz CT molecular complexity index is 570. The molecule has 0 radical (unpaired) electrons. The zero-order valence-corrected chi connectivity index (χ0v) is 12.0. The standard InChI is InChI=1S/C13H18F2N2O2S/c1-9(16)10-3-2-4-17(8-10)20(18,19)13-6-11(14)5-12(15)7-13/h5-7,9-10H,2-4,8,16H2,1H3. The van der Waals surface area contributed by atoms with Crippen LogP contribution < -0.4 is 5.73 Å². The number of nitrogens with two attached hydrogens (primary N) is 1. The van der Waals surface area contributed by atoms with Gasteiger partial charge in [0.1, 0.15) is 11.6 Å². The summed E-state index contributed by atoms with van der Waals surface area (Å²) in [5.74, 6) is -1.73. The molecule has 2 atom stereocenters. The van der Waals surface area contributed by atoms with Gasteiger partial charge in [-0.25, -0.2) is 17.2 Å². The summed E-state index contributed by atoms with van der Waals surface area (Å²) in [6, 6.07) is 2.22. The summed E-state index contributed by atoms with van der Waals surface area (Å²) in [7, 11) is -3.88. The molecule has 1 saturated heterocycles. The van der Waals surface area contributed by atoms with Crippen molar-refractivity contribution in [1.29, 1.82) is 0 Å². The van der Waals surface area contributed by atoms with E-state index in [1.54, 1.807) is 0 Å². The van der Waals surface area contributed by atoms with E-state index >= 15 is 0 Å². The Morgan fingerprint density at radius 3 is 2.45 bits per heavy atom. The van der Waals surface area contributed by atoms with Gasteiger partial charge < -0.3 is 5.73 Å². The number of rotatable bonds is 3. The van der Waals surface area contributed by atoms with Crippen LogP contribution in [0.25, 0.3) is 0 Å². The highest BCUT2D eigenvalue weighted by Gasteiger charge is 2.32. The van der Waals surface area contributed by atoms with Crippen molar-refractivity contribution in [1.82, 2.24) is 4.31 Å². The zero-order valence-electron chi connectivity index (χ0n) is 11.2. The van der Waals surface area contributed by atoms with Crippen molar-refractivity contribution in [3.63, 3.8) is 0 Å². The molecule has 2 N–H and O–H groups in total.